The average molecular weight is 429 g/mol. The van der Waals surface area contributed by atoms with Crippen molar-refractivity contribution in [2.75, 3.05) is 13.1 Å². The van der Waals surface area contributed by atoms with Crippen molar-refractivity contribution in [1.29, 1.82) is 0 Å². The molecule has 8 heteroatoms. The number of halogens is 1. The standard InChI is InChI=1S/C22H25ClN4O3/c1-22(2,3)30-21(29)27-13-17-16(18(27)20(28)26-10-4-5-11-26)12-24-19(25-17)14-6-8-15(23)9-7-14/h6-9,12,18H,4-5,10-11,13H2,1-3H3/t18-/m0/s1. The highest BCUT2D eigenvalue weighted by Gasteiger charge is 2.43. The first-order chi connectivity index (χ1) is 14.2. The van der Waals surface area contributed by atoms with Gasteiger partial charge in [0, 0.05) is 35.4 Å². The molecule has 2 amide bonds. The Labute approximate surface area is 181 Å². The smallest absolute Gasteiger partial charge is 0.411 e. The maximum Gasteiger partial charge on any atom is 0.411 e. The van der Waals surface area contributed by atoms with Gasteiger partial charge in [-0.05, 0) is 57.9 Å². The minimum absolute atomic E-state index is 0.0973. The Morgan fingerprint density at radius 2 is 1.80 bits per heavy atom. The predicted molar refractivity (Wildman–Crippen MR) is 113 cm³/mol. The van der Waals surface area contributed by atoms with Gasteiger partial charge in [0.1, 0.15) is 11.6 Å². The summed E-state index contributed by atoms with van der Waals surface area (Å²) in [6.45, 7) is 7.04. The molecule has 0 aliphatic carbocycles. The molecule has 1 aromatic carbocycles. The largest absolute Gasteiger partial charge is 0.444 e. The average Bonchev–Trinajstić information content (AvgIpc) is 3.34. The van der Waals surface area contributed by atoms with Gasteiger partial charge in [-0.1, -0.05) is 11.6 Å². The van der Waals surface area contributed by atoms with E-state index >= 15 is 0 Å². The van der Waals surface area contributed by atoms with E-state index < -0.39 is 17.7 Å². The SMILES string of the molecule is CC(C)(C)OC(=O)N1Cc2nc(-c3ccc(Cl)cc3)ncc2[C@H]1C(=O)N1CCCC1. The van der Waals surface area contributed by atoms with E-state index in [0.717, 1.165) is 18.4 Å². The minimum Gasteiger partial charge on any atom is -0.444 e. The van der Waals surface area contributed by atoms with Crippen molar-refractivity contribution in [1.82, 2.24) is 19.8 Å². The van der Waals surface area contributed by atoms with E-state index in [9.17, 15) is 9.59 Å². The van der Waals surface area contributed by atoms with E-state index in [1.54, 1.807) is 18.3 Å². The van der Waals surface area contributed by atoms with Crippen molar-refractivity contribution >= 4 is 23.6 Å². The van der Waals surface area contributed by atoms with E-state index in [2.05, 4.69) is 9.97 Å². The zero-order valence-electron chi connectivity index (χ0n) is 17.4. The molecule has 1 fully saturated rings. The van der Waals surface area contributed by atoms with Crippen LogP contribution in [0.5, 0.6) is 0 Å². The lowest BCUT2D eigenvalue weighted by Gasteiger charge is -2.30. The highest BCUT2D eigenvalue weighted by atomic mass is 35.5. The molecule has 3 heterocycles. The van der Waals surface area contributed by atoms with E-state index in [-0.39, 0.29) is 12.5 Å². The van der Waals surface area contributed by atoms with E-state index in [4.69, 9.17) is 16.3 Å². The Bertz CT molecular complexity index is 965. The van der Waals surface area contributed by atoms with Crippen LogP contribution in [0, 0.1) is 0 Å². The van der Waals surface area contributed by atoms with Crippen molar-refractivity contribution in [3.8, 4) is 11.4 Å². The number of rotatable bonds is 2. The molecule has 0 radical (unpaired) electrons. The number of carbonyl (C=O) groups excluding carboxylic acids is 2. The van der Waals surface area contributed by atoms with Crippen LogP contribution in [0.4, 0.5) is 4.79 Å². The molecule has 0 saturated carbocycles. The van der Waals surface area contributed by atoms with E-state index in [0.29, 0.717) is 35.2 Å². The molecule has 0 bridgehead atoms. The summed E-state index contributed by atoms with van der Waals surface area (Å²) in [5.74, 6) is 0.434. The molecular formula is C22H25ClN4O3. The molecule has 1 saturated heterocycles. The van der Waals surface area contributed by atoms with Crippen LogP contribution >= 0.6 is 11.6 Å². The highest BCUT2D eigenvalue weighted by Crippen LogP contribution is 2.36. The highest BCUT2D eigenvalue weighted by molar-refractivity contribution is 6.30. The topological polar surface area (TPSA) is 75.6 Å². The fraction of sp³-hybridized carbons (Fsp3) is 0.455. The number of aromatic nitrogens is 2. The van der Waals surface area contributed by atoms with Crippen LogP contribution in [0.15, 0.2) is 30.5 Å². The van der Waals surface area contributed by atoms with Crippen LogP contribution in [0.25, 0.3) is 11.4 Å². The van der Waals surface area contributed by atoms with Gasteiger partial charge in [0.25, 0.3) is 0 Å². The van der Waals surface area contributed by atoms with Gasteiger partial charge < -0.3 is 9.64 Å². The zero-order valence-corrected chi connectivity index (χ0v) is 18.1. The number of benzene rings is 1. The van der Waals surface area contributed by atoms with Gasteiger partial charge in [-0.25, -0.2) is 14.8 Å². The van der Waals surface area contributed by atoms with Gasteiger partial charge >= 0.3 is 6.09 Å². The molecule has 0 unspecified atom stereocenters. The lowest BCUT2D eigenvalue weighted by Crippen LogP contribution is -2.43. The number of fused-ring (bicyclic) bond motifs is 1. The first kappa shape index (κ1) is 20.6. The van der Waals surface area contributed by atoms with Gasteiger partial charge in [0.05, 0.1) is 12.2 Å². The molecule has 7 nitrogen and oxygen atoms in total. The second-order valence-electron chi connectivity index (χ2n) is 8.65. The van der Waals surface area contributed by atoms with Gasteiger partial charge in [0.2, 0.25) is 5.91 Å². The van der Waals surface area contributed by atoms with Crippen molar-refractivity contribution in [3.63, 3.8) is 0 Å². The van der Waals surface area contributed by atoms with Crippen LogP contribution in [0.3, 0.4) is 0 Å². The molecule has 0 N–H and O–H groups in total. The summed E-state index contributed by atoms with van der Waals surface area (Å²) in [5.41, 5.74) is 1.49. The molecule has 4 rings (SSSR count). The van der Waals surface area contributed by atoms with E-state index in [1.807, 2.05) is 37.8 Å². The number of carbonyl (C=O) groups is 2. The Hall–Kier alpha value is -2.67. The molecule has 2 aliphatic rings. The summed E-state index contributed by atoms with van der Waals surface area (Å²) in [7, 11) is 0. The van der Waals surface area contributed by atoms with Crippen LogP contribution < -0.4 is 0 Å². The fourth-order valence-corrected chi connectivity index (χ4v) is 3.93. The second kappa shape index (κ2) is 7.87. The summed E-state index contributed by atoms with van der Waals surface area (Å²) in [5, 5.41) is 0.632. The monoisotopic (exact) mass is 428 g/mol. The second-order valence-corrected chi connectivity index (χ2v) is 9.08. The molecule has 158 valence electrons. The Morgan fingerprint density at radius 3 is 2.43 bits per heavy atom. The maximum atomic E-state index is 13.3. The van der Waals surface area contributed by atoms with Crippen LogP contribution in [0.1, 0.15) is 50.9 Å². The first-order valence-corrected chi connectivity index (χ1v) is 10.5. The number of likely N-dealkylation sites (tertiary alicyclic amines) is 1. The number of ether oxygens (including phenoxy) is 1. The lowest BCUT2D eigenvalue weighted by atomic mass is 10.1. The van der Waals surface area contributed by atoms with Gasteiger partial charge in [-0.2, -0.15) is 0 Å². The van der Waals surface area contributed by atoms with Crippen LogP contribution in [-0.2, 0) is 16.1 Å². The Balaban J connectivity index is 1.69. The third kappa shape index (κ3) is 4.12. The van der Waals surface area contributed by atoms with E-state index in [1.165, 1.54) is 4.90 Å². The number of hydrogen-bond donors (Lipinski definition) is 0. The van der Waals surface area contributed by atoms with Crippen molar-refractivity contribution < 1.29 is 14.3 Å². The number of hydrogen-bond acceptors (Lipinski definition) is 5. The molecule has 0 spiro atoms. The van der Waals surface area contributed by atoms with Crippen molar-refractivity contribution in [2.45, 2.75) is 51.8 Å². The first-order valence-electron chi connectivity index (χ1n) is 10.1. The van der Waals surface area contributed by atoms with Gasteiger partial charge in [-0.15, -0.1) is 0 Å². The predicted octanol–water partition coefficient (Wildman–Crippen LogP) is 4.21. The van der Waals surface area contributed by atoms with Crippen LogP contribution in [-0.4, -0.2) is 50.5 Å². The summed E-state index contributed by atoms with van der Waals surface area (Å²) in [6, 6.07) is 6.49. The third-order valence-electron chi connectivity index (χ3n) is 5.21. The van der Waals surface area contributed by atoms with Gasteiger partial charge in [0.15, 0.2) is 5.82 Å². The molecule has 1 aromatic heterocycles. The Kier molecular flexibility index (Phi) is 5.40. The van der Waals surface area contributed by atoms with Crippen LogP contribution in [0.2, 0.25) is 5.02 Å². The van der Waals surface area contributed by atoms with Gasteiger partial charge in [-0.3, -0.25) is 9.69 Å². The quantitative estimate of drug-likeness (QED) is 0.716. The molecule has 2 aromatic rings. The molecular weight excluding hydrogens is 404 g/mol. The Morgan fingerprint density at radius 1 is 1.13 bits per heavy atom. The molecule has 1 atom stereocenters. The van der Waals surface area contributed by atoms with Crippen molar-refractivity contribution in [2.24, 2.45) is 0 Å². The number of amides is 2. The zero-order chi connectivity index (χ0) is 21.5. The summed E-state index contributed by atoms with van der Waals surface area (Å²) >= 11 is 5.97. The molecule has 30 heavy (non-hydrogen) atoms. The minimum atomic E-state index is -0.757. The summed E-state index contributed by atoms with van der Waals surface area (Å²) < 4.78 is 5.58. The summed E-state index contributed by atoms with van der Waals surface area (Å²) in [4.78, 5) is 38.6. The summed E-state index contributed by atoms with van der Waals surface area (Å²) in [6.07, 6.45) is 3.09. The molecule has 2 aliphatic heterocycles. The maximum absolute atomic E-state index is 13.3. The fourth-order valence-electron chi connectivity index (χ4n) is 3.81. The normalized spacial score (nSPS) is 18.5. The number of nitrogens with zero attached hydrogens (tertiary/aromatic N) is 4. The lowest BCUT2D eigenvalue weighted by molar-refractivity contribution is -0.135. The van der Waals surface area contributed by atoms with Crippen molar-refractivity contribution in [3.05, 3.63) is 46.7 Å². The third-order valence-corrected chi connectivity index (χ3v) is 5.46.